The Kier molecular flexibility index (Phi) is 4.66. The highest BCUT2D eigenvalue weighted by Gasteiger charge is 2.23. The minimum atomic E-state index is -0.857. The number of fused-ring (bicyclic) bond motifs is 1. The van der Waals surface area contributed by atoms with E-state index in [1.165, 1.54) is 24.3 Å². The maximum absolute atomic E-state index is 13.0. The van der Waals surface area contributed by atoms with E-state index in [1.807, 2.05) is 0 Å². The molecule has 0 amide bonds. The number of esters is 1. The monoisotopic (exact) mass is 385 g/mol. The molecular formula is C17H12ClN5O4. The van der Waals surface area contributed by atoms with Crippen LogP contribution in [0.15, 0.2) is 33.9 Å². The van der Waals surface area contributed by atoms with Crippen LogP contribution in [0, 0.1) is 11.3 Å². The maximum atomic E-state index is 13.0. The first-order valence-electron chi connectivity index (χ1n) is 7.71. The number of H-pyrrole nitrogens is 1. The summed E-state index contributed by atoms with van der Waals surface area (Å²) in [5.74, 6) is -0.857. The fraction of sp³-hybridized carbons (Fsp3) is 0.118. The molecule has 0 saturated heterocycles. The summed E-state index contributed by atoms with van der Waals surface area (Å²) in [5, 5.41) is 13.4. The molecular weight excluding hydrogens is 374 g/mol. The molecule has 3 N–H and O–H groups in total. The number of nitrogens with two attached hydrogens (primary N) is 1. The first kappa shape index (κ1) is 18.2. The first-order chi connectivity index (χ1) is 12.9. The zero-order valence-corrected chi connectivity index (χ0v) is 14.7. The van der Waals surface area contributed by atoms with Gasteiger partial charge >= 0.3 is 5.97 Å². The third kappa shape index (κ3) is 3.02. The Balaban J connectivity index is 2.49. The van der Waals surface area contributed by atoms with E-state index in [0.29, 0.717) is 10.7 Å². The number of nitrogens with zero attached hydrogens (tertiary/aromatic N) is 3. The molecule has 0 aliphatic heterocycles. The average molecular weight is 386 g/mol. The molecule has 3 rings (SSSR count). The molecule has 10 heteroatoms. The second-order valence-corrected chi connectivity index (χ2v) is 5.80. The van der Waals surface area contributed by atoms with Crippen molar-refractivity contribution in [2.24, 2.45) is 0 Å². The molecule has 0 unspecified atom stereocenters. The molecule has 0 spiro atoms. The second-order valence-electron chi connectivity index (χ2n) is 5.37. The number of ether oxygens (including phenoxy) is 1. The standard InChI is InChI=1S/C17H12ClN5O4/c1-2-27-17(26)14-13-11(12(20)10(7-19)15(24)21-13)16(25)23(22-14)9-5-3-8(18)4-6-9/h3-6H,2H2,1H3,(H3,20,21,24). The van der Waals surface area contributed by atoms with E-state index >= 15 is 0 Å². The molecule has 0 aliphatic rings. The van der Waals surface area contributed by atoms with Gasteiger partial charge in [-0.1, -0.05) is 11.6 Å². The van der Waals surface area contributed by atoms with E-state index in [1.54, 1.807) is 13.0 Å². The number of nitrogen functional groups attached to an aromatic ring is 1. The second kappa shape index (κ2) is 6.93. The Bertz CT molecular complexity index is 1220. The number of aromatic amines is 1. The highest BCUT2D eigenvalue weighted by atomic mass is 35.5. The lowest BCUT2D eigenvalue weighted by atomic mass is 10.1. The van der Waals surface area contributed by atoms with Gasteiger partial charge < -0.3 is 15.5 Å². The van der Waals surface area contributed by atoms with Crippen molar-refractivity contribution in [3.63, 3.8) is 0 Å². The molecule has 2 aromatic heterocycles. The first-order valence-corrected chi connectivity index (χ1v) is 8.08. The number of halogens is 1. The van der Waals surface area contributed by atoms with Crippen LogP contribution in [0.25, 0.3) is 16.6 Å². The number of nitrogens with one attached hydrogen (secondary N) is 1. The lowest BCUT2D eigenvalue weighted by molar-refractivity contribution is 0.0519. The van der Waals surface area contributed by atoms with E-state index in [2.05, 4.69) is 10.1 Å². The summed E-state index contributed by atoms with van der Waals surface area (Å²) in [6.45, 7) is 1.65. The summed E-state index contributed by atoms with van der Waals surface area (Å²) < 4.78 is 5.89. The number of aromatic nitrogens is 3. The van der Waals surface area contributed by atoms with Crippen LogP contribution in [0.4, 0.5) is 5.69 Å². The minimum Gasteiger partial charge on any atom is -0.461 e. The maximum Gasteiger partial charge on any atom is 0.361 e. The molecule has 0 saturated carbocycles. The van der Waals surface area contributed by atoms with Crippen molar-refractivity contribution in [2.45, 2.75) is 6.92 Å². The largest absolute Gasteiger partial charge is 0.461 e. The Morgan fingerprint density at radius 2 is 2.04 bits per heavy atom. The normalized spacial score (nSPS) is 10.6. The van der Waals surface area contributed by atoms with Crippen molar-refractivity contribution in [1.82, 2.24) is 14.8 Å². The van der Waals surface area contributed by atoms with E-state index in [0.717, 1.165) is 4.68 Å². The summed E-state index contributed by atoms with van der Waals surface area (Å²) in [6, 6.07) is 7.77. The number of anilines is 1. The Morgan fingerprint density at radius 1 is 1.37 bits per heavy atom. The van der Waals surface area contributed by atoms with E-state index in [-0.39, 0.29) is 28.9 Å². The molecule has 9 nitrogen and oxygen atoms in total. The van der Waals surface area contributed by atoms with Gasteiger partial charge in [-0.25, -0.2) is 4.79 Å². The van der Waals surface area contributed by atoms with E-state index in [4.69, 9.17) is 27.3 Å². The van der Waals surface area contributed by atoms with Gasteiger partial charge in [-0.05, 0) is 31.2 Å². The summed E-state index contributed by atoms with van der Waals surface area (Å²) in [6.07, 6.45) is 0. The number of hydrogen-bond acceptors (Lipinski definition) is 7. The van der Waals surface area contributed by atoms with Crippen LogP contribution in [0.3, 0.4) is 0 Å². The smallest absolute Gasteiger partial charge is 0.361 e. The van der Waals surface area contributed by atoms with Crippen LogP contribution in [-0.4, -0.2) is 27.3 Å². The number of rotatable bonds is 3. The third-order valence-corrected chi connectivity index (χ3v) is 4.00. The molecule has 0 fully saturated rings. The van der Waals surface area contributed by atoms with Crippen molar-refractivity contribution >= 4 is 34.2 Å². The highest BCUT2D eigenvalue weighted by molar-refractivity contribution is 6.30. The molecule has 0 aliphatic carbocycles. The zero-order valence-electron chi connectivity index (χ0n) is 13.9. The van der Waals surface area contributed by atoms with Gasteiger partial charge in [-0.2, -0.15) is 15.0 Å². The van der Waals surface area contributed by atoms with E-state index in [9.17, 15) is 14.4 Å². The summed E-state index contributed by atoms with van der Waals surface area (Å²) >= 11 is 5.86. The molecule has 27 heavy (non-hydrogen) atoms. The Morgan fingerprint density at radius 3 is 2.63 bits per heavy atom. The predicted octanol–water partition coefficient (Wildman–Crippen LogP) is 1.36. The summed E-state index contributed by atoms with van der Waals surface area (Å²) in [5.41, 5.74) is 3.38. The van der Waals surface area contributed by atoms with Crippen LogP contribution in [0.1, 0.15) is 23.0 Å². The topological polar surface area (TPSA) is 144 Å². The SMILES string of the molecule is CCOC(=O)c1nn(-c2ccc(Cl)cc2)c(=O)c2c(N)c(C#N)c(=O)[nH]c12. The fourth-order valence-corrected chi connectivity index (χ4v) is 2.66. The Labute approximate surface area is 156 Å². The van der Waals surface area contributed by atoms with E-state index < -0.39 is 22.7 Å². The van der Waals surface area contributed by atoms with Crippen LogP contribution >= 0.6 is 11.6 Å². The molecule has 0 bridgehead atoms. The van der Waals surface area contributed by atoms with Gasteiger partial charge in [0.25, 0.3) is 11.1 Å². The number of hydrogen-bond donors (Lipinski definition) is 2. The molecule has 1 aromatic carbocycles. The van der Waals surface area contributed by atoms with Gasteiger partial charge in [0.05, 0.1) is 28.9 Å². The quantitative estimate of drug-likeness (QED) is 0.647. The van der Waals surface area contributed by atoms with Crippen molar-refractivity contribution in [3.05, 3.63) is 61.3 Å². The van der Waals surface area contributed by atoms with Crippen molar-refractivity contribution < 1.29 is 9.53 Å². The number of nitriles is 1. The summed E-state index contributed by atoms with van der Waals surface area (Å²) in [4.78, 5) is 39.7. The predicted molar refractivity (Wildman–Crippen MR) is 98.1 cm³/mol. The van der Waals surface area contributed by atoms with Gasteiger partial charge in [0.15, 0.2) is 5.69 Å². The van der Waals surface area contributed by atoms with Crippen LogP contribution < -0.4 is 16.9 Å². The van der Waals surface area contributed by atoms with Crippen molar-refractivity contribution in [2.75, 3.05) is 12.3 Å². The molecule has 2 heterocycles. The fourth-order valence-electron chi connectivity index (χ4n) is 2.53. The number of pyridine rings is 1. The van der Waals surface area contributed by atoms with Crippen molar-refractivity contribution in [1.29, 1.82) is 5.26 Å². The molecule has 0 atom stereocenters. The lowest BCUT2D eigenvalue weighted by Crippen LogP contribution is -2.29. The lowest BCUT2D eigenvalue weighted by Gasteiger charge is -2.12. The molecule has 136 valence electrons. The number of carbonyl (C=O) groups is 1. The molecule has 0 radical (unpaired) electrons. The average Bonchev–Trinajstić information content (AvgIpc) is 2.63. The van der Waals surface area contributed by atoms with Crippen LogP contribution in [0.5, 0.6) is 0 Å². The Hall–Kier alpha value is -3.64. The van der Waals surface area contributed by atoms with Crippen molar-refractivity contribution in [3.8, 4) is 11.8 Å². The van der Waals surface area contributed by atoms with Gasteiger partial charge in [-0.3, -0.25) is 9.59 Å². The zero-order chi connectivity index (χ0) is 19.7. The number of benzene rings is 1. The van der Waals surface area contributed by atoms with Crippen LogP contribution in [0.2, 0.25) is 5.02 Å². The third-order valence-electron chi connectivity index (χ3n) is 3.75. The van der Waals surface area contributed by atoms with Gasteiger partial charge in [0, 0.05) is 5.02 Å². The van der Waals surface area contributed by atoms with Gasteiger partial charge in [-0.15, -0.1) is 0 Å². The van der Waals surface area contributed by atoms with Gasteiger partial charge in [0.2, 0.25) is 0 Å². The summed E-state index contributed by atoms with van der Waals surface area (Å²) in [7, 11) is 0. The number of carbonyl (C=O) groups excluding carboxylic acids is 1. The minimum absolute atomic E-state index is 0.0536. The van der Waals surface area contributed by atoms with Gasteiger partial charge in [0.1, 0.15) is 11.6 Å². The highest BCUT2D eigenvalue weighted by Crippen LogP contribution is 2.21. The molecule has 3 aromatic rings. The van der Waals surface area contributed by atoms with Crippen LogP contribution in [-0.2, 0) is 4.74 Å².